The van der Waals surface area contributed by atoms with Gasteiger partial charge in [0.25, 0.3) is 0 Å². The van der Waals surface area contributed by atoms with E-state index in [4.69, 9.17) is 17.3 Å². The Hall–Kier alpha value is -1.35. The second-order valence-corrected chi connectivity index (χ2v) is 5.93. The number of hydrogen-bond acceptors (Lipinski definition) is 2. The first-order valence-corrected chi connectivity index (χ1v) is 7.67. The fourth-order valence-corrected chi connectivity index (χ4v) is 2.83. The van der Waals surface area contributed by atoms with Gasteiger partial charge in [-0.1, -0.05) is 53.6 Å². The second-order valence-electron chi connectivity index (χ2n) is 5.49. The molecule has 2 aromatic carbocycles. The highest BCUT2D eigenvalue weighted by Crippen LogP contribution is 2.24. The average Bonchev–Trinajstić information content (AvgIpc) is 2.46. The van der Waals surface area contributed by atoms with E-state index in [0.717, 1.165) is 12.0 Å². The van der Waals surface area contributed by atoms with Crippen molar-refractivity contribution in [1.82, 2.24) is 0 Å². The maximum atomic E-state index is 10.5. The molecule has 2 nitrogen and oxygen atoms in total. The number of hydrogen-bond donors (Lipinski definition) is 2. The van der Waals surface area contributed by atoms with Crippen LogP contribution >= 0.6 is 11.6 Å². The van der Waals surface area contributed by atoms with Crippen LogP contribution in [0.4, 0.5) is 0 Å². The van der Waals surface area contributed by atoms with Crippen molar-refractivity contribution >= 4 is 11.6 Å². The van der Waals surface area contributed by atoms with E-state index in [1.807, 2.05) is 24.3 Å². The van der Waals surface area contributed by atoms with Gasteiger partial charge in [0.05, 0.1) is 6.10 Å². The molecule has 0 heterocycles. The number of aliphatic hydroxyl groups excluding tert-OH is 1. The third-order valence-electron chi connectivity index (χ3n) is 3.81. The Bertz CT molecular complexity index is 585. The summed E-state index contributed by atoms with van der Waals surface area (Å²) in [6, 6.07) is 16.0. The van der Waals surface area contributed by atoms with Gasteiger partial charge in [0.1, 0.15) is 0 Å². The smallest absolute Gasteiger partial charge is 0.0624 e. The molecule has 21 heavy (non-hydrogen) atoms. The van der Waals surface area contributed by atoms with Gasteiger partial charge >= 0.3 is 0 Å². The van der Waals surface area contributed by atoms with Crippen molar-refractivity contribution in [3.05, 3.63) is 70.2 Å². The molecule has 0 spiro atoms. The van der Waals surface area contributed by atoms with Crippen molar-refractivity contribution in [2.45, 2.75) is 31.8 Å². The number of nitrogens with two attached hydrogens (primary N) is 1. The van der Waals surface area contributed by atoms with Crippen LogP contribution in [0.5, 0.6) is 0 Å². The molecule has 0 radical (unpaired) electrons. The van der Waals surface area contributed by atoms with Gasteiger partial charge in [0, 0.05) is 17.5 Å². The molecule has 0 bridgehead atoms. The molecular formula is C18H22ClNO. The average molecular weight is 304 g/mol. The number of rotatable bonds is 6. The van der Waals surface area contributed by atoms with Crippen LogP contribution in [0.3, 0.4) is 0 Å². The summed E-state index contributed by atoms with van der Waals surface area (Å²) in [4.78, 5) is 0. The fraction of sp³-hybridized carbons (Fsp3) is 0.333. The fourth-order valence-electron chi connectivity index (χ4n) is 2.64. The Morgan fingerprint density at radius 2 is 1.90 bits per heavy atom. The van der Waals surface area contributed by atoms with Crippen molar-refractivity contribution < 1.29 is 5.11 Å². The van der Waals surface area contributed by atoms with Crippen LogP contribution in [0.15, 0.2) is 48.5 Å². The molecule has 2 unspecified atom stereocenters. The SMILES string of the molecule is Cc1cccc(CCC(O)C(CN)c2cccc(Cl)c2)c1. The number of aryl methyl sites for hydroxylation is 2. The van der Waals surface area contributed by atoms with Crippen LogP contribution in [-0.2, 0) is 6.42 Å². The number of halogens is 1. The lowest BCUT2D eigenvalue weighted by atomic mass is 9.90. The Kier molecular flexibility index (Phi) is 5.80. The molecule has 3 N–H and O–H groups in total. The first-order valence-electron chi connectivity index (χ1n) is 7.29. The molecule has 0 aliphatic rings. The Morgan fingerprint density at radius 1 is 1.14 bits per heavy atom. The van der Waals surface area contributed by atoms with Crippen LogP contribution in [0, 0.1) is 6.92 Å². The van der Waals surface area contributed by atoms with Crippen LogP contribution in [0.2, 0.25) is 5.02 Å². The van der Waals surface area contributed by atoms with Gasteiger partial charge in [0.2, 0.25) is 0 Å². The summed E-state index contributed by atoms with van der Waals surface area (Å²) in [6.45, 7) is 2.49. The Labute approximate surface area is 131 Å². The van der Waals surface area contributed by atoms with Gasteiger partial charge in [-0.3, -0.25) is 0 Å². The molecule has 3 heteroatoms. The van der Waals surface area contributed by atoms with E-state index in [-0.39, 0.29) is 5.92 Å². The summed E-state index contributed by atoms with van der Waals surface area (Å²) in [6.07, 6.45) is 1.08. The van der Waals surface area contributed by atoms with E-state index in [9.17, 15) is 5.11 Å². The molecule has 0 aliphatic heterocycles. The first-order chi connectivity index (χ1) is 10.1. The van der Waals surface area contributed by atoms with Gasteiger partial charge in [-0.05, 0) is 43.0 Å². The van der Waals surface area contributed by atoms with Gasteiger partial charge in [-0.15, -0.1) is 0 Å². The van der Waals surface area contributed by atoms with Gasteiger partial charge in [-0.25, -0.2) is 0 Å². The van der Waals surface area contributed by atoms with E-state index in [1.165, 1.54) is 11.1 Å². The molecule has 0 aromatic heterocycles. The van der Waals surface area contributed by atoms with Crippen LogP contribution in [0.1, 0.15) is 29.0 Å². The van der Waals surface area contributed by atoms with E-state index >= 15 is 0 Å². The number of aliphatic hydroxyl groups is 1. The number of benzene rings is 2. The highest BCUT2D eigenvalue weighted by molar-refractivity contribution is 6.30. The van der Waals surface area contributed by atoms with Crippen molar-refractivity contribution in [3.8, 4) is 0 Å². The molecule has 0 aliphatic carbocycles. The standard InChI is InChI=1S/C18H22ClNO/c1-13-4-2-5-14(10-13)8-9-18(21)17(12-20)15-6-3-7-16(19)11-15/h2-7,10-11,17-18,21H,8-9,12,20H2,1H3. The lowest BCUT2D eigenvalue weighted by molar-refractivity contribution is 0.136. The zero-order valence-electron chi connectivity index (χ0n) is 12.3. The maximum absolute atomic E-state index is 10.5. The molecular weight excluding hydrogens is 282 g/mol. The topological polar surface area (TPSA) is 46.2 Å². The first kappa shape index (κ1) is 16.0. The normalized spacial score (nSPS) is 13.9. The molecule has 0 saturated heterocycles. The predicted molar refractivity (Wildman–Crippen MR) is 88.8 cm³/mol. The third kappa shape index (κ3) is 4.57. The Balaban J connectivity index is 2.02. The summed E-state index contributed by atoms with van der Waals surface area (Å²) >= 11 is 6.02. The van der Waals surface area contributed by atoms with Gasteiger partial charge < -0.3 is 10.8 Å². The highest BCUT2D eigenvalue weighted by Gasteiger charge is 2.19. The van der Waals surface area contributed by atoms with E-state index in [0.29, 0.717) is 18.0 Å². The predicted octanol–water partition coefficient (Wildman–Crippen LogP) is 3.68. The molecule has 2 atom stereocenters. The molecule has 0 amide bonds. The minimum atomic E-state index is -0.464. The summed E-state index contributed by atoms with van der Waals surface area (Å²) in [5.41, 5.74) is 9.34. The third-order valence-corrected chi connectivity index (χ3v) is 4.04. The van der Waals surface area contributed by atoms with Gasteiger partial charge in [0.15, 0.2) is 0 Å². The second kappa shape index (κ2) is 7.60. The van der Waals surface area contributed by atoms with Crippen LogP contribution < -0.4 is 5.73 Å². The van der Waals surface area contributed by atoms with Crippen molar-refractivity contribution in [3.63, 3.8) is 0 Å². The largest absolute Gasteiger partial charge is 0.392 e. The van der Waals surface area contributed by atoms with Gasteiger partial charge in [-0.2, -0.15) is 0 Å². The molecule has 0 saturated carbocycles. The van der Waals surface area contributed by atoms with Crippen molar-refractivity contribution in [2.24, 2.45) is 5.73 Å². The van der Waals surface area contributed by atoms with E-state index in [1.54, 1.807) is 0 Å². The monoisotopic (exact) mass is 303 g/mol. The molecule has 112 valence electrons. The summed E-state index contributed by atoms with van der Waals surface area (Å²) < 4.78 is 0. The highest BCUT2D eigenvalue weighted by atomic mass is 35.5. The zero-order valence-corrected chi connectivity index (χ0v) is 13.1. The lowest BCUT2D eigenvalue weighted by Crippen LogP contribution is -2.26. The van der Waals surface area contributed by atoms with Crippen LogP contribution in [0.25, 0.3) is 0 Å². The summed E-state index contributed by atoms with van der Waals surface area (Å²) in [5, 5.41) is 11.1. The lowest BCUT2D eigenvalue weighted by Gasteiger charge is -2.22. The minimum absolute atomic E-state index is 0.0755. The quantitative estimate of drug-likeness (QED) is 0.855. The minimum Gasteiger partial charge on any atom is -0.392 e. The molecule has 2 aromatic rings. The Morgan fingerprint density at radius 3 is 2.57 bits per heavy atom. The summed E-state index contributed by atoms with van der Waals surface area (Å²) in [5.74, 6) is -0.0755. The zero-order chi connectivity index (χ0) is 15.2. The maximum Gasteiger partial charge on any atom is 0.0624 e. The van der Waals surface area contributed by atoms with E-state index < -0.39 is 6.10 Å². The van der Waals surface area contributed by atoms with E-state index in [2.05, 4.69) is 31.2 Å². The van der Waals surface area contributed by atoms with Crippen LogP contribution in [-0.4, -0.2) is 17.8 Å². The van der Waals surface area contributed by atoms with Crippen molar-refractivity contribution in [2.75, 3.05) is 6.54 Å². The van der Waals surface area contributed by atoms with Crippen molar-refractivity contribution in [1.29, 1.82) is 0 Å². The molecule has 0 fully saturated rings. The summed E-state index contributed by atoms with van der Waals surface area (Å²) in [7, 11) is 0. The molecule has 2 rings (SSSR count).